The van der Waals surface area contributed by atoms with Crippen molar-refractivity contribution in [2.24, 2.45) is 0 Å². The minimum atomic E-state index is -0.213. The zero-order chi connectivity index (χ0) is 12.4. The van der Waals surface area contributed by atoms with Crippen LogP contribution in [0.3, 0.4) is 0 Å². The molecule has 1 N–H and O–H groups in total. The molecule has 96 valence electrons. The first-order valence-corrected chi connectivity index (χ1v) is 6.41. The minimum absolute atomic E-state index is 0.00489. The van der Waals surface area contributed by atoms with Crippen LogP contribution in [0.1, 0.15) is 65.7 Å². The molecule has 16 heavy (non-hydrogen) atoms. The van der Waals surface area contributed by atoms with Crippen LogP contribution >= 0.6 is 0 Å². The second-order valence-electron chi connectivity index (χ2n) is 4.50. The fourth-order valence-corrected chi connectivity index (χ4v) is 1.74. The van der Waals surface area contributed by atoms with E-state index in [1.807, 2.05) is 6.92 Å². The van der Waals surface area contributed by atoms with Gasteiger partial charge in [-0.3, -0.25) is 4.79 Å². The Morgan fingerprint density at radius 1 is 1.19 bits per heavy atom. The van der Waals surface area contributed by atoms with E-state index in [0.717, 1.165) is 44.9 Å². The average molecular weight is 230 g/mol. The van der Waals surface area contributed by atoms with Crippen molar-refractivity contribution >= 4 is 5.97 Å². The lowest BCUT2D eigenvalue weighted by molar-refractivity contribution is -0.145. The summed E-state index contributed by atoms with van der Waals surface area (Å²) in [5.41, 5.74) is 0. The van der Waals surface area contributed by atoms with Gasteiger partial charge in [-0.25, -0.2) is 0 Å². The quantitative estimate of drug-likeness (QED) is 0.489. The Labute approximate surface area is 99.2 Å². The van der Waals surface area contributed by atoms with Crippen LogP contribution in [0.2, 0.25) is 0 Å². The summed E-state index contributed by atoms with van der Waals surface area (Å²) in [7, 11) is 0. The van der Waals surface area contributed by atoms with E-state index in [1.54, 1.807) is 0 Å². The van der Waals surface area contributed by atoms with Gasteiger partial charge in [-0.15, -0.1) is 0 Å². The molecule has 0 amide bonds. The Morgan fingerprint density at radius 2 is 1.75 bits per heavy atom. The highest BCUT2D eigenvalue weighted by molar-refractivity contribution is 5.66. The summed E-state index contributed by atoms with van der Waals surface area (Å²) in [4.78, 5) is 10.7. The van der Waals surface area contributed by atoms with Gasteiger partial charge in [0.1, 0.15) is 0 Å². The van der Waals surface area contributed by atoms with Gasteiger partial charge in [-0.1, -0.05) is 26.2 Å². The van der Waals surface area contributed by atoms with E-state index in [2.05, 4.69) is 6.92 Å². The largest absolute Gasteiger partial charge is 0.463 e. The van der Waals surface area contributed by atoms with Gasteiger partial charge in [0.25, 0.3) is 0 Å². The second-order valence-corrected chi connectivity index (χ2v) is 4.50. The highest BCUT2D eigenvalue weighted by Gasteiger charge is 2.06. The van der Waals surface area contributed by atoms with E-state index < -0.39 is 0 Å². The van der Waals surface area contributed by atoms with Gasteiger partial charge >= 0.3 is 5.97 Å². The zero-order valence-electron chi connectivity index (χ0n) is 10.9. The summed E-state index contributed by atoms with van der Waals surface area (Å²) in [6.07, 6.45) is 6.79. The van der Waals surface area contributed by atoms with Crippen LogP contribution in [0, 0.1) is 0 Å². The molecular weight excluding hydrogens is 204 g/mol. The van der Waals surface area contributed by atoms with Gasteiger partial charge in [0, 0.05) is 6.92 Å². The van der Waals surface area contributed by atoms with Crippen molar-refractivity contribution in [2.45, 2.75) is 77.9 Å². The first-order chi connectivity index (χ1) is 7.56. The SMILES string of the molecule is CCCCC(O)CCCCC(C)OC(C)=O. The molecule has 0 bridgehead atoms. The lowest BCUT2D eigenvalue weighted by Gasteiger charge is -2.13. The second kappa shape index (κ2) is 9.64. The van der Waals surface area contributed by atoms with Crippen LogP contribution in [-0.2, 0) is 9.53 Å². The first kappa shape index (κ1) is 15.4. The summed E-state index contributed by atoms with van der Waals surface area (Å²) in [6, 6.07) is 0. The van der Waals surface area contributed by atoms with Crippen LogP contribution in [0.15, 0.2) is 0 Å². The Hall–Kier alpha value is -0.570. The molecule has 2 atom stereocenters. The lowest BCUT2D eigenvalue weighted by Crippen LogP contribution is -2.12. The van der Waals surface area contributed by atoms with Crippen LogP contribution in [0.25, 0.3) is 0 Å². The molecule has 0 spiro atoms. The molecule has 0 fully saturated rings. The Kier molecular flexibility index (Phi) is 9.30. The molecule has 0 aromatic carbocycles. The molecule has 3 nitrogen and oxygen atoms in total. The van der Waals surface area contributed by atoms with Crippen molar-refractivity contribution in [1.82, 2.24) is 0 Å². The molecular formula is C13H26O3. The fraction of sp³-hybridized carbons (Fsp3) is 0.923. The zero-order valence-corrected chi connectivity index (χ0v) is 10.9. The number of esters is 1. The first-order valence-electron chi connectivity index (χ1n) is 6.41. The normalized spacial score (nSPS) is 14.5. The monoisotopic (exact) mass is 230 g/mol. The highest BCUT2D eigenvalue weighted by atomic mass is 16.5. The third-order valence-corrected chi connectivity index (χ3v) is 2.66. The van der Waals surface area contributed by atoms with Gasteiger partial charge in [0.05, 0.1) is 12.2 Å². The maximum absolute atomic E-state index is 10.7. The van der Waals surface area contributed by atoms with Crippen LogP contribution in [0.5, 0.6) is 0 Å². The van der Waals surface area contributed by atoms with E-state index in [0.29, 0.717) is 0 Å². The van der Waals surface area contributed by atoms with E-state index >= 15 is 0 Å². The summed E-state index contributed by atoms with van der Waals surface area (Å²) in [6.45, 7) is 5.48. The van der Waals surface area contributed by atoms with Crippen LogP contribution in [0.4, 0.5) is 0 Å². The number of aliphatic hydroxyl groups excluding tert-OH is 1. The predicted molar refractivity (Wildman–Crippen MR) is 65.2 cm³/mol. The average Bonchev–Trinajstić information content (AvgIpc) is 2.20. The third kappa shape index (κ3) is 9.97. The number of ether oxygens (including phenoxy) is 1. The lowest BCUT2D eigenvalue weighted by atomic mass is 10.0. The smallest absolute Gasteiger partial charge is 0.302 e. The Balaban J connectivity index is 3.34. The van der Waals surface area contributed by atoms with Crippen molar-refractivity contribution in [3.05, 3.63) is 0 Å². The van der Waals surface area contributed by atoms with Gasteiger partial charge < -0.3 is 9.84 Å². The maximum atomic E-state index is 10.7. The van der Waals surface area contributed by atoms with Gasteiger partial charge in [0.2, 0.25) is 0 Å². The molecule has 0 aliphatic heterocycles. The summed E-state index contributed by atoms with van der Waals surface area (Å²) in [5, 5.41) is 9.61. The van der Waals surface area contributed by atoms with E-state index in [-0.39, 0.29) is 18.2 Å². The topological polar surface area (TPSA) is 46.5 Å². The molecule has 2 unspecified atom stereocenters. The van der Waals surface area contributed by atoms with Crippen LogP contribution in [-0.4, -0.2) is 23.3 Å². The van der Waals surface area contributed by atoms with E-state index in [9.17, 15) is 9.90 Å². The molecule has 0 aliphatic rings. The van der Waals surface area contributed by atoms with Crippen molar-refractivity contribution in [3.63, 3.8) is 0 Å². The molecule has 0 aromatic heterocycles. The number of hydrogen-bond acceptors (Lipinski definition) is 3. The molecule has 3 heteroatoms. The molecule has 0 heterocycles. The van der Waals surface area contributed by atoms with Crippen LogP contribution < -0.4 is 0 Å². The van der Waals surface area contributed by atoms with Crippen molar-refractivity contribution in [3.8, 4) is 0 Å². The van der Waals surface area contributed by atoms with Gasteiger partial charge in [-0.05, 0) is 32.6 Å². The number of carbonyl (C=O) groups excluding carboxylic acids is 1. The molecule has 0 aliphatic carbocycles. The van der Waals surface area contributed by atoms with Gasteiger partial charge in [-0.2, -0.15) is 0 Å². The Morgan fingerprint density at radius 3 is 2.31 bits per heavy atom. The third-order valence-electron chi connectivity index (χ3n) is 2.66. The molecule has 0 rings (SSSR count). The summed E-state index contributed by atoms with van der Waals surface area (Å²) in [5.74, 6) is -0.213. The van der Waals surface area contributed by atoms with Crippen molar-refractivity contribution < 1.29 is 14.6 Å². The number of hydrogen-bond donors (Lipinski definition) is 1. The van der Waals surface area contributed by atoms with Crippen molar-refractivity contribution in [1.29, 1.82) is 0 Å². The fourth-order valence-electron chi connectivity index (χ4n) is 1.74. The van der Waals surface area contributed by atoms with Gasteiger partial charge in [0.15, 0.2) is 0 Å². The predicted octanol–water partition coefficient (Wildman–Crippen LogP) is 3.05. The molecule has 0 saturated heterocycles. The number of aliphatic hydroxyl groups is 1. The maximum Gasteiger partial charge on any atom is 0.302 e. The standard InChI is InChI=1S/C13H26O3/c1-4-5-9-13(15)10-7-6-8-11(2)16-12(3)14/h11,13,15H,4-10H2,1-3H3. The molecule has 0 saturated carbocycles. The molecule has 0 aromatic rings. The number of rotatable bonds is 9. The Bertz CT molecular complexity index is 180. The highest BCUT2D eigenvalue weighted by Crippen LogP contribution is 2.11. The number of carbonyl (C=O) groups is 1. The summed E-state index contributed by atoms with van der Waals surface area (Å²) < 4.78 is 5.02. The van der Waals surface area contributed by atoms with Crippen molar-refractivity contribution in [2.75, 3.05) is 0 Å². The number of unbranched alkanes of at least 4 members (excludes halogenated alkanes) is 2. The molecule has 0 radical (unpaired) electrons. The minimum Gasteiger partial charge on any atom is -0.463 e. The summed E-state index contributed by atoms with van der Waals surface area (Å²) >= 11 is 0. The van der Waals surface area contributed by atoms with E-state index in [4.69, 9.17) is 4.74 Å². The van der Waals surface area contributed by atoms with E-state index in [1.165, 1.54) is 6.92 Å².